The number of hydrogen-bond acceptors (Lipinski definition) is 7. The van der Waals surface area contributed by atoms with Crippen molar-refractivity contribution in [2.24, 2.45) is 11.7 Å². The molecule has 1 aliphatic heterocycles. The fraction of sp³-hybridized carbons (Fsp3) is 0.455. The highest BCUT2D eigenvalue weighted by Crippen LogP contribution is 2.26. The number of amides is 1. The first-order valence-electron chi connectivity index (χ1n) is 6.00. The fourth-order valence-corrected chi connectivity index (χ4v) is 2.27. The maximum absolute atomic E-state index is 11.3. The lowest BCUT2D eigenvalue weighted by Gasteiger charge is -2.33. The lowest BCUT2D eigenvalue weighted by atomic mass is 9.97. The van der Waals surface area contributed by atoms with Gasteiger partial charge in [0.1, 0.15) is 11.6 Å². The summed E-state index contributed by atoms with van der Waals surface area (Å²) in [7, 11) is 0. The molecule has 1 aromatic heterocycles. The molecule has 2 rings (SSSR count). The van der Waals surface area contributed by atoms with E-state index in [9.17, 15) is 4.79 Å². The molecular formula is C11H17N7O. The highest BCUT2D eigenvalue weighted by molar-refractivity contribution is 5.91. The molecule has 1 fully saturated rings. The number of anilines is 3. The van der Waals surface area contributed by atoms with Gasteiger partial charge in [0.25, 0.3) is 0 Å². The quantitative estimate of drug-likeness (QED) is 0.532. The number of piperidine rings is 1. The Hall–Kier alpha value is -2.38. The van der Waals surface area contributed by atoms with Crippen molar-refractivity contribution in [3.63, 3.8) is 0 Å². The summed E-state index contributed by atoms with van der Waals surface area (Å²) in [6.07, 6.45) is 2.69. The lowest BCUT2D eigenvalue weighted by molar-refractivity contribution is -0.122. The van der Waals surface area contributed by atoms with Gasteiger partial charge in [0.2, 0.25) is 11.9 Å². The van der Waals surface area contributed by atoms with Gasteiger partial charge >= 0.3 is 0 Å². The van der Waals surface area contributed by atoms with Gasteiger partial charge in [0, 0.05) is 19.3 Å². The standard InChI is InChI=1S/C11H17N7O/c12-4-7-8(13)16-11(15)17-10(7)18-3-1-2-6(5-18)9(14)19/h4,6,12H,1-3,5H2,(H2,14,19)(H4,13,15,16,17). The van der Waals surface area contributed by atoms with Crippen LogP contribution in [-0.2, 0) is 4.79 Å². The molecule has 8 heteroatoms. The van der Waals surface area contributed by atoms with Crippen molar-refractivity contribution < 1.29 is 4.79 Å². The van der Waals surface area contributed by atoms with Gasteiger partial charge in [0.05, 0.1) is 11.5 Å². The molecule has 1 unspecified atom stereocenters. The molecule has 2 heterocycles. The van der Waals surface area contributed by atoms with Crippen LogP contribution in [0.4, 0.5) is 17.6 Å². The van der Waals surface area contributed by atoms with Crippen LogP contribution in [0.2, 0.25) is 0 Å². The van der Waals surface area contributed by atoms with Gasteiger partial charge in [-0.2, -0.15) is 9.97 Å². The summed E-state index contributed by atoms with van der Waals surface area (Å²) in [5.74, 6) is 0.171. The Labute approximate surface area is 110 Å². The number of rotatable bonds is 3. The average molecular weight is 263 g/mol. The van der Waals surface area contributed by atoms with Crippen LogP contribution in [-0.4, -0.2) is 35.2 Å². The van der Waals surface area contributed by atoms with Crippen LogP contribution in [0.25, 0.3) is 0 Å². The van der Waals surface area contributed by atoms with Crippen LogP contribution in [0.15, 0.2) is 0 Å². The predicted octanol–water partition coefficient (Wildman–Crippen LogP) is -0.660. The zero-order valence-electron chi connectivity index (χ0n) is 10.5. The third-order valence-electron chi connectivity index (χ3n) is 3.24. The first kappa shape index (κ1) is 13.1. The van der Waals surface area contributed by atoms with Crippen LogP contribution in [0.3, 0.4) is 0 Å². The van der Waals surface area contributed by atoms with E-state index in [0.29, 0.717) is 17.9 Å². The molecule has 0 aromatic carbocycles. The van der Waals surface area contributed by atoms with Crippen molar-refractivity contribution in [2.75, 3.05) is 29.5 Å². The van der Waals surface area contributed by atoms with Crippen molar-refractivity contribution >= 4 is 29.7 Å². The molecule has 1 aliphatic rings. The highest BCUT2D eigenvalue weighted by Gasteiger charge is 2.26. The molecule has 0 aliphatic carbocycles. The van der Waals surface area contributed by atoms with E-state index in [0.717, 1.165) is 25.6 Å². The van der Waals surface area contributed by atoms with Gasteiger partial charge in [-0.25, -0.2) is 0 Å². The van der Waals surface area contributed by atoms with E-state index in [2.05, 4.69) is 9.97 Å². The number of nitrogen functional groups attached to an aromatic ring is 2. The maximum Gasteiger partial charge on any atom is 0.223 e. The van der Waals surface area contributed by atoms with Gasteiger partial charge in [-0.3, -0.25) is 4.79 Å². The van der Waals surface area contributed by atoms with E-state index in [-0.39, 0.29) is 23.6 Å². The lowest BCUT2D eigenvalue weighted by Crippen LogP contribution is -2.42. The molecule has 102 valence electrons. The second kappa shape index (κ2) is 5.09. The number of nitrogens with one attached hydrogen (secondary N) is 1. The molecule has 0 bridgehead atoms. The first-order valence-corrected chi connectivity index (χ1v) is 6.00. The normalized spacial score (nSPS) is 19.2. The summed E-state index contributed by atoms with van der Waals surface area (Å²) in [5.41, 5.74) is 17.1. The molecule has 1 saturated heterocycles. The Morgan fingerprint density at radius 2 is 2.16 bits per heavy atom. The zero-order chi connectivity index (χ0) is 14.0. The van der Waals surface area contributed by atoms with E-state index in [1.807, 2.05) is 4.90 Å². The third kappa shape index (κ3) is 2.56. The Bertz CT molecular complexity index is 516. The average Bonchev–Trinajstić information content (AvgIpc) is 2.38. The van der Waals surface area contributed by atoms with Crippen molar-refractivity contribution in [1.29, 1.82) is 5.41 Å². The fourth-order valence-electron chi connectivity index (χ4n) is 2.27. The number of primary amides is 1. The molecule has 1 amide bonds. The Morgan fingerprint density at radius 1 is 1.42 bits per heavy atom. The predicted molar refractivity (Wildman–Crippen MR) is 72.9 cm³/mol. The van der Waals surface area contributed by atoms with E-state index in [1.54, 1.807) is 0 Å². The Morgan fingerprint density at radius 3 is 2.79 bits per heavy atom. The van der Waals surface area contributed by atoms with E-state index < -0.39 is 0 Å². The number of carbonyl (C=O) groups excluding carboxylic acids is 1. The molecular weight excluding hydrogens is 246 g/mol. The van der Waals surface area contributed by atoms with Crippen molar-refractivity contribution in [3.05, 3.63) is 5.56 Å². The summed E-state index contributed by atoms with van der Waals surface area (Å²) >= 11 is 0. The minimum atomic E-state index is -0.323. The smallest absolute Gasteiger partial charge is 0.223 e. The second-order valence-electron chi connectivity index (χ2n) is 4.54. The maximum atomic E-state index is 11.3. The molecule has 1 aromatic rings. The van der Waals surface area contributed by atoms with Gasteiger partial charge in [-0.05, 0) is 12.8 Å². The van der Waals surface area contributed by atoms with Crippen LogP contribution in [0.1, 0.15) is 18.4 Å². The molecule has 0 radical (unpaired) electrons. The summed E-state index contributed by atoms with van der Waals surface area (Å²) in [6, 6.07) is 0. The van der Waals surface area contributed by atoms with E-state index in [4.69, 9.17) is 22.6 Å². The monoisotopic (exact) mass is 263 g/mol. The van der Waals surface area contributed by atoms with Gasteiger partial charge < -0.3 is 27.5 Å². The van der Waals surface area contributed by atoms with Crippen LogP contribution in [0, 0.1) is 11.3 Å². The number of aromatic nitrogens is 2. The minimum Gasteiger partial charge on any atom is -0.383 e. The minimum absolute atomic E-state index is 0.0549. The van der Waals surface area contributed by atoms with Gasteiger partial charge in [-0.15, -0.1) is 0 Å². The SMILES string of the molecule is N=Cc1c(N)nc(N)nc1N1CCCC(C(N)=O)C1. The first-order chi connectivity index (χ1) is 9.02. The number of nitrogens with two attached hydrogens (primary N) is 3. The van der Waals surface area contributed by atoms with Crippen molar-refractivity contribution in [3.8, 4) is 0 Å². The summed E-state index contributed by atoms with van der Waals surface area (Å²) < 4.78 is 0. The second-order valence-corrected chi connectivity index (χ2v) is 4.54. The Kier molecular flexibility index (Phi) is 3.50. The topological polar surface area (TPSA) is 148 Å². The molecule has 19 heavy (non-hydrogen) atoms. The largest absolute Gasteiger partial charge is 0.383 e. The highest BCUT2D eigenvalue weighted by atomic mass is 16.1. The van der Waals surface area contributed by atoms with Gasteiger partial charge in [0.15, 0.2) is 0 Å². The van der Waals surface area contributed by atoms with Crippen molar-refractivity contribution in [2.45, 2.75) is 12.8 Å². The van der Waals surface area contributed by atoms with E-state index >= 15 is 0 Å². The summed E-state index contributed by atoms with van der Waals surface area (Å²) in [6.45, 7) is 1.19. The Balaban J connectivity index is 2.35. The molecule has 7 N–H and O–H groups in total. The zero-order valence-corrected chi connectivity index (χ0v) is 10.5. The van der Waals surface area contributed by atoms with E-state index in [1.165, 1.54) is 0 Å². The van der Waals surface area contributed by atoms with Crippen LogP contribution >= 0.6 is 0 Å². The summed E-state index contributed by atoms with van der Waals surface area (Å²) in [4.78, 5) is 21.1. The third-order valence-corrected chi connectivity index (χ3v) is 3.24. The molecule has 8 nitrogen and oxygen atoms in total. The number of nitrogens with zero attached hydrogens (tertiary/aromatic N) is 3. The molecule has 0 spiro atoms. The van der Waals surface area contributed by atoms with Crippen LogP contribution in [0.5, 0.6) is 0 Å². The van der Waals surface area contributed by atoms with Crippen LogP contribution < -0.4 is 22.1 Å². The van der Waals surface area contributed by atoms with Crippen molar-refractivity contribution in [1.82, 2.24) is 9.97 Å². The number of hydrogen-bond donors (Lipinski definition) is 4. The van der Waals surface area contributed by atoms with Gasteiger partial charge in [-0.1, -0.05) is 0 Å². The summed E-state index contributed by atoms with van der Waals surface area (Å²) in [5, 5.41) is 7.41. The molecule has 0 saturated carbocycles. The molecule has 1 atom stereocenters. The number of carbonyl (C=O) groups is 1.